The van der Waals surface area contributed by atoms with Gasteiger partial charge in [0.05, 0.1) is 25.1 Å². The van der Waals surface area contributed by atoms with E-state index >= 15 is 0 Å². The van der Waals surface area contributed by atoms with Gasteiger partial charge in [-0.05, 0) is 13.8 Å². The van der Waals surface area contributed by atoms with Crippen molar-refractivity contribution >= 4 is 22.9 Å². The number of hydrogen-bond donors (Lipinski definition) is 1. The fourth-order valence-corrected chi connectivity index (χ4v) is 2.49. The van der Waals surface area contributed by atoms with Gasteiger partial charge in [-0.25, -0.2) is 15.0 Å². The smallest absolute Gasteiger partial charge is 0.242 e. The molecular weight excluding hydrogens is 310 g/mol. The zero-order valence-electron chi connectivity index (χ0n) is 14.1. The Hall–Kier alpha value is -2.97. The summed E-state index contributed by atoms with van der Waals surface area (Å²) in [6.45, 7) is 4.35. The van der Waals surface area contributed by atoms with E-state index in [1.807, 2.05) is 20.9 Å². The van der Waals surface area contributed by atoms with Gasteiger partial charge in [0, 0.05) is 19.7 Å². The van der Waals surface area contributed by atoms with Crippen LogP contribution in [0.3, 0.4) is 0 Å². The van der Waals surface area contributed by atoms with E-state index in [2.05, 4.69) is 25.1 Å². The van der Waals surface area contributed by atoms with E-state index in [4.69, 9.17) is 4.52 Å². The van der Waals surface area contributed by atoms with Crippen molar-refractivity contribution in [1.82, 2.24) is 30.0 Å². The van der Waals surface area contributed by atoms with Crippen LogP contribution >= 0.6 is 0 Å². The molecule has 1 amide bonds. The highest BCUT2D eigenvalue weighted by atomic mass is 16.5. The second-order valence-corrected chi connectivity index (χ2v) is 5.71. The summed E-state index contributed by atoms with van der Waals surface area (Å²) in [4.78, 5) is 31.4. The van der Waals surface area contributed by atoms with E-state index in [0.29, 0.717) is 23.5 Å². The molecule has 0 aliphatic heterocycles. The van der Waals surface area contributed by atoms with Crippen molar-refractivity contribution in [3.63, 3.8) is 0 Å². The SMILES string of the molecule is Cc1noc(C)c1CN(C)C(=O)CN(C)c1ncnc2nc[nH]c12. The number of anilines is 1. The van der Waals surface area contributed by atoms with Crippen LogP contribution in [0.5, 0.6) is 0 Å². The summed E-state index contributed by atoms with van der Waals surface area (Å²) in [5.74, 6) is 1.33. The maximum Gasteiger partial charge on any atom is 0.242 e. The molecule has 126 valence electrons. The number of aromatic nitrogens is 5. The number of carbonyl (C=O) groups excluding carboxylic acids is 1. The van der Waals surface area contributed by atoms with Gasteiger partial charge in [-0.15, -0.1) is 0 Å². The van der Waals surface area contributed by atoms with Crippen molar-refractivity contribution in [3.8, 4) is 0 Å². The predicted molar refractivity (Wildman–Crippen MR) is 87.4 cm³/mol. The molecule has 0 spiro atoms. The lowest BCUT2D eigenvalue weighted by atomic mass is 10.2. The average molecular weight is 329 g/mol. The molecular formula is C15H19N7O2. The number of fused-ring (bicyclic) bond motifs is 1. The Labute approximate surface area is 138 Å². The molecule has 0 aliphatic carbocycles. The largest absolute Gasteiger partial charge is 0.361 e. The van der Waals surface area contributed by atoms with Gasteiger partial charge >= 0.3 is 0 Å². The Morgan fingerprint density at radius 2 is 2.04 bits per heavy atom. The molecule has 3 heterocycles. The molecule has 3 rings (SSSR count). The monoisotopic (exact) mass is 329 g/mol. The van der Waals surface area contributed by atoms with Crippen molar-refractivity contribution in [2.75, 3.05) is 25.5 Å². The highest BCUT2D eigenvalue weighted by Crippen LogP contribution is 2.19. The number of nitrogens with zero attached hydrogens (tertiary/aromatic N) is 6. The first-order chi connectivity index (χ1) is 11.5. The van der Waals surface area contributed by atoms with Crippen LogP contribution in [0.4, 0.5) is 5.82 Å². The van der Waals surface area contributed by atoms with E-state index in [-0.39, 0.29) is 12.5 Å². The normalized spacial score (nSPS) is 11.0. The number of hydrogen-bond acceptors (Lipinski definition) is 7. The van der Waals surface area contributed by atoms with Crippen LogP contribution in [0.1, 0.15) is 17.0 Å². The van der Waals surface area contributed by atoms with Gasteiger partial charge in [0.15, 0.2) is 11.5 Å². The third-order valence-electron chi connectivity index (χ3n) is 3.94. The van der Waals surface area contributed by atoms with E-state index < -0.39 is 0 Å². The molecule has 0 aromatic carbocycles. The minimum Gasteiger partial charge on any atom is -0.361 e. The zero-order chi connectivity index (χ0) is 17.3. The molecule has 0 saturated heterocycles. The van der Waals surface area contributed by atoms with Gasteiger partial charge in [-0.2, -0.15) is 0 Å². The molecule has 3 aromatic heterocycles. The second-order valence-electron chi connectivity index (χ2n) is 5.71. The Balaban J connectivity index is 1.71. The summed E-state index contributed by atoms with van der Waals surface area (Å²) in [5, 5.41) is 3.91. The fraction of sp³-hybridized carbons (Fsp3) is 0.400. The molecule has 0 aliphatic rings. The highest BCUT2D eigenvalue weighted by molar-refractivity contribution is 5.86. The molecule has 0 saturated carbocycles. The molecule has 1 N–H and O–H groups in total. The summed E-state index contributed by atoms with van der Waals surface area (Å²) in [6, 6.07) is 0. The Morgan fingerprint density at radius 3 is 2.75 bits per heavy atom. The van der Waals surface area contributed by atoms with Crippen LogP contribution in [-0.2, 0) is 11.3 Å². The summed E-state index contributed by atoms with van der Waals surface area (Å²) >= 11 is 0. The quantitative estimate of drug-likeness (QED) is 0.746. The Morgan fingerprint density at radius 1 is 1.25 bits per heavy atom. The molecule has 24 heavy (non-hydrogen) atoms. The maximum atomic E-state index is 12.5. The number of imidazole rings is 1. The number of likely N-dealkylation sites (N-methyl/N-ethyl adjacent to an activating group) is 2. The van der Waals surface area contributed by atoms with Crippen LogP contribution in [-0.4, -0.2) is 56.5 Å². The summed E-state index contributed by atoms with van der Waals surface area (Å²) in [6.07, 6.45) is 3.00. The molecule has 0 bridgehead atoms. The van der Waals surface area contributed by atoms with Gasteiger partial charge in [0.2, 0.25) is 5.91 Å². The number of amides is 1. The minimum absolute atomic E-state index is 0.0382. The van der Waals surface area contributed by atoms with Crippen LogP contribution < -0.4 is 4.90 Å². The molecule has 0 atom stereocenters. The lowest BCUT2D eigenvalue weighted by molar-refractivity contribution is -0.128. The van der Waals surface area contributed by atoms with Gasteiger partial charge in [0.1, 0.15) is 17.6 Å². The molecule has 9 heteroatoms. The van der Waals surface area contributed by atoms with Gasteiger partial charge in [-0.1, -0.05) is 5.16 Å². The van der Waals surface area contributed by atoms with E-state index in [0.717, 1.165) is 17.0 Å². The van der Waals surface area contributed by atoms with Crippen LogP contribution in [0.2, 0.25) is 0 Å². The predicted octanol–water partition coefficient (Wildman–Crippen LogP) is 1.05. The minimum atomic E-state index is -0.0382. The van der Waals surface area contributed by atoms with Gasteiger partial charge < -0.3 is 19.3 Å². The topological polar surface area (TPSA) is 104 Å². The number of rotatable bonds is 5. The summed E-state index contributed by atoms with van der Waals surface area (Å²) < 4.78 is 5.14. The van der Waals surface area contributed by atoms with Crippen LogP contribution in [0, 0.1) is 13.8 Å². The second kappa shape index (κ2) is 6.26. The van der Waals surface area contributed by atoms with E-state index in [1.165, 1.54) is 6.33 Å². The lowest BCUT2D eigenvalue weighted by Gasteiger charge is -2.22. The number of aryl methyl sites for hydroxylation is 2. The van der Waals surface area contributed by atoms with Crippen LogP contribution in [0.25, 0.3) is 11.2 Å². The molecule has 0 unspecified atom stereocenters. The summed E-state index contributed by atoms with van der Waals surface area (Å²) in [5.41, 5.74) is 3.02. The molecule has 0 radical (unpaired) electrons. The standard InChI is InChI=1S/C15H19N7O2/c1-9-11(10(2)24-20-9)5-21(3)12(23)6-22(4)15-13-14(17-7-16-13)18-8-19-15/h7-8H,5-6H2,1-4H3,(H,16,17,18,19). The third kappa shape index (κ3) is 2.92. The fourth-order valence-electron chi connectivity index (χ4n) is 2.49. The first-order valence-corrected chi connectivity index (χ1v) is 7.48. The van der Waals surface area contributed by atoms with Crippen molar-refractivity contribution in [2.24, 2.45) is 0 Å². The summed E-state index contributed by atoms with van der Waals surface area (Å²) in [7, 11) is 3.57. The number of carbonyl (C=O) groups is 1. The van der Waals surface area contributed by atoms with Crippen molar-refractivity contribution in [3.05, 3.63) is 29.7 Å². The Bertz CT molecular complexity index is 850. The first kappa shape index (κ1) is 15.9. The first-order valence-electron chi connectivity index (χ1n) is 7.48. The Kier molecular flexibility index (Phi) is 4.15. The van der Waals surface area contributed by atoms with E-state index in [1.54, 1.807) is 23.2 Å². The highest BCUT2D eigenvalue weighted by Gasteiger charge is 2.18. The zero-order valence-corrected chi connectivity index (χ0v) is 14.1. The average Bonchev–Trinajstić information content (AvgIpc) is 3.15. The van der Waals surface area contributed by atoms with Crippen molar-refractivity contribution in [2.45, 2.75) is 20.4 Å². The van der Waals surface area contributed by atoms with Crippen molar-refractivity contribution < 1.29 is 9.32 Å². The molecule has 9 nitrogen and oxygen atoms in total. The molecule has 0 fully saturated rings. The van der Waals surface area contributed by atoms with Gasteiger partial charge in [0.25, 0.3) is 0 Å². The number of nitrogens with one attached hydrogen (secondary N) is 1. The number of H-pyrrole nitrogens is 1. The maximum absolute atomic E-state index is 12.5. The van der Waals surface area contributed by atoms with Crippen LogP contribution in [0.15, 0.2) is 17.2 Å². The lowest BCUT2D eigenvalue weighted by Crippen LogP contribution is -2.36. The van der Waals surface area contributed by atoms with Crippen molar-refractivity contribution in [1.29, 1.82) is 0 Å². The van der Waals surface area contributed by atoms with E-state index in [9.17, 15) is 4.79 Å². The third-order valence-corrected chi connectivity index (χ3v) is 3.94. The number of aromatic amines is 1. The molecule has 3 aromatic rings. The van der Waals surface area contributed by atoms with Gasteiger partial charge in [-0.3, -0.25) is 4.79 Å².